The summed E-state index contributed by atoms with van der Waals surface area (Å²) >= 11 is 6.22. The first-order chi connectivity index (χ1) is 12.0. The lowest BCUT2D eigenvalue weighted by atomic mass is 9.92. The molecule has 2 atom stereocenters. The molecule has 3 rings (SSSR count). The number of carbonyl (C=O) groups is 1. The van der Waals surface area contributed by atoms with Gasteiger partial charge in [0.1, 0.15) is 0 Å². The summed E-state index contributed by atoms with van der Waals surface area (Å²) in [5.41, 5.74) is 1.16. The van der Waals surface area contributed by atoms with Crippen molar-refractivity contribution in [2.75, 3.05) is 20.2 Å². The molecule has 0 bridgehead atoms. The zero-order valence-corrected chi connectivity index (χ0v) is 15.5. The predicted octanol–water partition coefficient (Wildman–Crippen LogP) is 3.11. The normalized spacial score (nSPS) is 20.6. The van der Waals surface area contributed by atoms with Crippen LogP contribution in [0, 0.1) is 11.8 Å². The molecule has 1 saturated heterocycles. The first-order valence-electron chi connectivity index (χ1n) is 8.49. The lowest BCUT2D eigenvalue weighted by Gasteiger charge is -2.34. The highest BCUT2D eigenvalue weighted by atomic mass is 35.5. The summed E-state index contributed by atoms with van der Waals surface area (Å²) < 4.78 is 7.02. The Morgan fingerprint density at radius 3 is 2.60 bits per heavy atom. The van der Waals surface area contributed by atoms with Crippen molar-refractivity contribution in [2.24, 2.45) is 11.8 Å². The second-order valence-electron chi connectivity index (χ2n) is 6.85. The number of ether oxygens (including phenoxy) is 1. The molecular formula is C18H23ClN4O2. The van der Waals surface area contributed by atoms with Gasteiger partial charge in [-0.1, -0.05) is 48.9 Å². The van der Waals surface area contributed by atoms with Crippen molar-refractivity contribution >= 4 is 17.5 Å². The standard InChI is InChI=1S/C18H23ClN4O2/c1-12-8-13(2)10-22(9-12)17(24)16-18(25-3)23(21-20-16)11-14-6-4-5-7-15(14)19/h4-7,12-13H,8-11H2,1-3H3/t12-,13-/m0/s1. The third kappa shape index (κ3) is 3.79. The van der Waals surface area contributed by atoms with Gasteiger partial charge in [-0.3, -0.25) is 4.79 Å². The van der Waals surface area contributed by atoms with Crippen LogP contribution in [-0.4, -0.2) is 46.0 Å². The van der Waals surface area contributed by atoms with E-state index in [1.54, 1.807) is 4.68 Å². The Morgan fingerprint density at radius 1 is 1.28 bits per heavy atom. The van der Waals surface area contributed by atoms with Crippen molar-refractivity contribution in [2.45, 2.75) is 26.8 Å². The van der Waals surface area contributed by atoms with E-state index >= 15 is 0 Å². The van der Waals surface area contributed by atoms with E-state index in [-0.39, 0.29) is 11.6 Å². The molecule has 1 amide bonds. The topological polar surface area (TPSA) is 60.2 Å². The fraction of sp³-hybridized carbons (Fsp3) is 0.500. The number of hydrogen-bond donors (Lipinski definition) is 0. The molecule has 2 heterocycles. The van der Waals surface area contributed by atoms with Crippen LogP contribution < -0.4 is 4.74 Å². The molecule has 0 saturated carbocycles. The number of piperidine rings is 1. The molecule has 1 aromatic heterocycles. The van der Waals surface area contributed by atoms with Crippen molar-refractivity contribution in [3.8, 4) is 5.88 Å². The van der Waals surface area contributed by atoms with Gasteiger partial charge in [-0.15, -0.1) is 5.10 Å². The molecule has 1 aliphatic rings. The third-order valence-corrected chi connectivity index (χ3v) is 4.89. The Balaban J connectivity index is 1.84. The molecular weight excluding hydrogens is 340 g/mol. The van der Waals surface area contributed by atoms with Crippen LogP contribution in [0.4, 0.5) is 0 Å². The SMILES string of the molecule is COc1c(C(=O)N2C[C@@H](C)C[C@H](C)C2)nnn1Cc1ccccc1Cl. The first kappa shape index (κ1) is 17.7. The minimum Gasteiger partial charge on any atom is -0.479 e. The largest absolute Gasteiger partial charge is 0.479 e. The van der Waals surface area contributed by atoms with Gasteiger partial charge in [0, 0.05) is 18.1 Å². The monoisotopic (exact) mass is 362 g/mol. The Bertz CT molecular complexity index is 751. The summed E-state index contributed by atoms with van der Waals surface area (Å²) in [7, 11) is 1.53. The number of methoxy groups -OCH3 is 1. The molecule has 0 radical (unpaired) electrons. The summed E-state index contributed by atoms with van der Waals surface area (Å²) in [6, 6.07) is 7.52. The molecule has 0 aliphatic carbocycles. The molecule has 0 spiro atoms. The van der Waals surface area contributed by atoms with E-state index in [1.165, 1.54) is 7.11 Å². The smallest absolute Gasteiger partial charge is 0.280 e. The summed E-state index contributed by atoms with van der Waals surface area (Å²) in [5, 5.41) is 8.85. The minimum atomic E-state index is -0.124. The van der Waals surface area contributed by atoms with Gasteiger partial charge < -0.3 is 9.64 Å². The maximum Gasteiger partial charge on any atom is 0.280 e. The summed E-state index contributed by atoms with van der Waals surface area (Å²) in [5.74, 6) is 1.21. The van der Waals surface area contributed by atoms with Crippen molar-refractivity contribution in [3.63, 3.8) is 0 Å². The number of halogens is 1. The van der Waals surface area contributed by atoms with Crippen molar-refractivity contribution in [3.05, 3.63) is 40.5 Å². The van der Waals surface area contributed by atoms with Crippen LogP contribution in [0.2, 0.25) is 5.02 Å². The lowest BCUT2D eigenvalue weighted by Crippen LogP contribution is -2.42. The highest BCUT2D eigenvalue weighted by Crippen LogP contribution is 2.26. The van der Waals surface area contributed by atoms with Gasteiger partial charge in [-0.2, -0.15) is 0 Å². The number of likely N-dealkylation sites (tertiary alicyclic amines) is 1. The van der Waals surface area contributed by atoms with E-state index in [0.717, 1.165) is 25.1 Å². The average Bonchev–Trinajstić information content (AvgIpc) is 2.98. The third-order valence-electron chi connectivity index (χ3n) is 4.52. The van der Waals surface area contributed by atoms with E-state index in [9.17, 15) is 4.79 Å². The van der Waals surface area contributed by atoms with Crippen LogP contribution in [0.1, 0.15) is 36.3 Å². The van der Waals surface area contributed by atoms with Crippen LogP contribution >= 0.6 is 11.6 Å². The number of hydrogen-bond acceptors (Lipinski definition) is 4. The summed E-state index contributed by atoms with van der Waals surface area (Å²) in [6.07, 6.45) is 1.14. The van der Waals surface area contributed by atoms with Gasteiger partial charge in [-0.25, -0.2) is 4.68 Å². The van der Waals surface area contributed by atoms with Crippen molar-refractivity contribution < 1.29 is 9.53 Å². The van der Waals surface area contributed by atoms with Crippen LogP contribution in [-0.2, 0) is 6.54 Å². The minimum absolute atomic E-state index is 0.124. The molecule has 2 aromatic rings. The fourth-order valence-corrected chi connectivity index (χ4v) is 3.71. The highest BCUT2D eigenvalue weighted by Gasteiger charge is 2.30. The number of rotatable bonds is 4. The van der Waals surface area contributed by atoms with E-state index in [1.807, 2.05) is 29.2 Å². The van der Waals surface area contributed by atoms with Crippen LogP contribution in [0.15, 0.2) is 24.3 Å². The van der Waals surface area contributed by atoms with Crippen LogP contribution in [0.3, 0.4) is 0 Å². The average molecular weight is 363 g/mol. The number of carbonyl (C=O) groups excluding carboxylic acids is 1. The molecule has 7 heteroatoms. The Kier molecular flexibility index (Phi) is 5.27. The van der Waals surface area contributed by atoms with E-state index in [4.69, 9.17) is 16.3 Å². The quantitative estimate of drug-likeness (QED) is 0.838. The second kappa shape index (κ2) is 7.44. The maximum absolute atomic E-state index is 12.9. The molecule has 1 aliphatic heterocycles. The molecule has 0 unspecified atom stereocenters. The van der Waals surface area contributed by atoms with Crippen molar-refractivity contribution in [1.29, 1.82) is 0 Å². The Hall–Kier alpha value is -2.08. The molecule has 134 valence electrons. The van der Waals surface area contributed by atoms with Gasteiger partial charge in [0.05, 0.1) is 13.7 Å². The maximum atomic E-state index is 12.9. The molecule has 1 fully saturated rings. The summed E-state index contributed by atoms with van der Waals surface area (Å²) in [6.45, 7) is 6.21. The Morgan fingerprint density at radius 2 is 1.96 bits per heavy atom. The van der Waals surface area contributed by atoms with E-state index in [0.29, 0.717) is 29.3 Å². The lowest BCUT2D eigenvalue weighted by molar-refractivity contribution is 0.0613. The van der Waals surface area contributed by atoms with Gasteiger partial charge in [0.2, 0.25) is 11.6 Å². The van der Waals surface area contributed by atoms with Gasteiger partial charge >= 0.3 is 0 Å². The first-order valence-corrected chi connectivity index (χ1v) is 8.87. The second-order valence-corrected chi connectivity index (χ2v) is 7.26. The van der Waals surface area contributed by atoms with Gasteiger partial charge in [-0.05, 0) is 29.9 Å². The number of nitrogens with zero attached hydrogens (tertiary/aromatic N) is 4. The Labute approximate surface area is 152 Å². The van der Waals surface area contributed by atoms with Crippen molar-refractivity contribution in [1.82, 2.24) is 19.9 Å². The van der Waals surface area contributed by atoms with E-state index < -0.39 is 0 Å². The van der Waals surface area contributed by atoms with Gasteiger partial charge in [0.15, 0.2) is 0 Å². The summed E-state index contributed by atoms with van der Waals surface area (Å²) in [4.78, 5) is 14.8. The van der Waals surface area contributed by atoms with Crippen LogP contribution in [0.5, 0.6) is 5.88 Å². The number of aromatic nitrogens is 3. The zero-order valence-electron chi connectivity index (χ0n) is 14.8. The molecule has 25 heavy (non-hydrogen) atoms. The number of amides is 1. The molecule has 1 aromatic carbocycles. The molecule has 6 nitrogen and oxygen atoms in total. The van der Waals surface area contributed by atoms with Gasteiger partial charge in [0.25, 0.3) is 5.91 Å². The molecule has 0 N–H and O–H groups in total. The fourth-order valence-electron chi connectivity index (χ4n) is 3.51. The number of benzene rings is 1. The van der Waals surface area contributed by atoms with Crippen LogP contribution in [0.25, 0.3) is 0 Å². The highest BCUT2D eigenvalue weighted by molar-refractivity contribution is 6.31. The van der Waals surface area contributed by atoms with E-state index in [2.05, 4.69) is 24.2 Å². The predicted molar refractivity (Wildman–Crippen MR) is 96.0 cm³/mol. The zero-order chi connectivity index (χ0) is 18.0.